The van der Waals surface area contributed by atoms with Crippen LogP contribution in [0.15, 0.2) is 52.0 Å². The fraction of sp³-hybridized carbons (Fsp3) is 0.500. The van der Waals surface area contributed by atoms with Crippen molar-refractivity contribution >= 4 is 11.9 Å². The average Bonchev–Trinajstić information content (AvgIpc) is 3.55. The van der Waals surface area contributed by atoms with Crippen molar-refractivity contribution in [2.24, 2.45) is 4.99 Å². The monoisotopic (exact) mass is 584 g/mol. The number of halogens is 3. The van der Waals surface area contributed by atoms with Gasteiger partial charge in [0.2, 0.25) is 11.7 Å². The minimum atomic E-state index is -4.54. The number of nitrogens with zero attached hydrogens (tertiary/aromatic N) is 4. The minimum absolute atomic E-state index is 0.00931. The van der Waals surface area contributed by atoms with E-state index in [0.29, 0.717) is 25.2 Å². The Morgan fingerprint density at radius 3 is 2.36 bits per heavy atom. The molecule has 7 nitrogen and oxygen atoms in total. The van der Waals surface area contributed by atoms with Gasteiger partial charge in [-0.15, -0.1) is 0 Å². The molecule has 1 aliphatic rings. The molecule has 1 fully saturated rings. The molecule has 2 heterocycles. The molecule has 0 unspecified atom stereocenters. The number of aliphatic imine (C=N–C) groups is 1. The number of likely N-dealkylation sites (tertiary alicyclic amines) is 1. The van der Waals surface area contributed by atoms with Gasteiger partial charge in [-0.1, -0.05) is 62.3 Å². The summed E-state index contributed by atoms with van der Waals surface area (Å²) in [5.41, 5.74) is 1.22. The Morgan fingerprint density at radius 2 is 1.74 bits per heavy atom. The molecule has 1 amide bonds. The number of rotatable bonds is 5. The molecule has 1 aromatic heterocycles. The van der Waals surface area contributed by atoms with Gasteiger partial charge in [-0.3, -0.25) is 0 Å². The van der Waals surface area contributed by atoms with E-state index >= 15 is 0 Å². The molecular weight excluding hydrogens is 545 g/mol. The number of amidine groups is 1. The maximum absolute atomic E-state index is 14.1. The highest BCUT2D eigenvalue weighted by Crippen LogP contribution is 2.37. The minimum Gasteiger partial charge on any atom is -0.442 e. The molecule has 226 valence electrons. The first-order valence-corrected chi connectivity index (χ1v) is 14.2. The molecule has 3 aromatic rings. The third kappa shape index (κ3) is 7.77. The number of carbonyl (C=O) groups is 1. The van der Waals surface area contributed by atoms with E-state index in [2.05, 4.69) is 35.9 Å². The van der Waals surface area contributed by atoms with Gasteiger partial charge in [0.15, 0.2) is 0 Å². The number of aromatic nitrogens is 2. The van der Waals surface area contributed by atoms with Gasteiger partial charge in [-0.2, -0.15) is 23.1 Å². The Labute approximate surface area is 245 Å². The lowest BCUT2D eigenvalue weighted by molar-refractivity contribution is -0.138. The topological polar surface area (TPSA) is 80.8 Å². The predicted octanol–water partition coefficient (Wildman–Crippen LogP) is 8.33. The molecule has 0 N–H and O–H groups in total. The van der Waals surface area contributed by atoms with Crippen LogP contribution in [-0.4, -0.2) is 39.1 Å². The average molecular weight is 585 g/mol. The predicted molar refractivity (Wildman–Crippen MR) is 155 cm³/mol. The van der Waals surface area contributed by atoms with Crippen LogP contribution in [0, 0.1) is 0 Å². The summed E-state index contributed by atoms with van der Waals surface area (Å²) in [6, 6.07) is 11.9. The number of aryl methyl sites for hydroxylation is 2. The summed E-state index contributed by atoms with van der Waals surface area (Å²) in [5, 5.41) is 4.00. The smallest absolute Gasteiger partial charge is 0.435 e. The lowest BCUT2D eigenvalue weighted by Gasteiger charge is -2.24. The molecule has 0 saturated carbocycles. The van der Waals surface area contributed by atoms with E-state index in [4.69, 9.17) is 9.26 Å². The first-order chi connectivity index (χ1) is 19.5. The summed E-state index contributed by atoms with van der Waals surface area (Å²) in [7, 11) is 0. The van der Waals surface area contributed by atoms with E-state index in [1.54, 1.807) is 33.8 Å². The van der Waals surface area contributed by atoms with Gasteiger partial charge in [0.25, 0.3) is 0 Å². The van der Waals surface area contributed by atoms with Crippen molar-refractivity contribution in [1.29, 1.82) is 0 Å². The second kappa shape index (κ2) is 11.9. The van der Waals surface area contributed by atoms with E-state index in [0.717, 1.165) is 18.1 Å². The molecule has 1 aliphatic heterocycles. The normalized spacial score (nSPS) is 16.7. The van der Waals surface area contributed by atoms with Crippen molar-refractivity contribution in [2.75, 3.05) is 6.54 Å². The molecule has 0 bridgehead atoms. The largest absolute Gasteiger partial charge is 0.442 e. The van der Waals surface area contributed by atoms with Gasteiger partial charge in [-0.25, -0.2) is 4.79 Å². The maximum atomic E-state index is 14.1. The molecule has 1 atom stereocenters. The number of carbonyl (C=O) groups excluding carboxylic acids is 1. The molecule has 0 spiro atoms. The van der Waals surface area contributed by atoms with Crippen LogP contribution in [0.4, 0.5) is 18.0 Å². The lowest BCUT2D eigenvalue weighted by Crippen LogP contribution is -2.30. The van der Waals surface area contributed by atoms with Crippen molar-refractivity contribution in [3.05, 3.63) is 70.6 Å². The highest BCUT2D eigenvalue weighted by Gasteiger charge is 2.35. The van der Waals surface area contributed by atoms with Gasteiger partial charge >= 0.3 is 12.3 Å². The Hall–Kier alpha value is -3.69. The highest BCUT2D eigenvalue weighted by atomic mass is 19.4. The highest BCUT2D eigenvalue weighted by molar-refractivity contribution is 5.90. The molecule has 10 heteroatoms. The maximum Gasteiger partial charge on any atom is 0.435 e. The third-order valence-electron chi connectivity index (χ3n) is 7.22. The summed E-state index contributed by atoms with van der Waals surface area (Å²) < 4.78 is 53.2. The van der Waals surface area contributed by atoms with Crippen molar-refractivity contribution in [2.45, 2.75) is 97.4 Å². The molecule has 0 radical (unpaired) electrons. The number of ether oxygens (including phenoxy) is 1. The van der Waals surface area contributed by atoms with E-state index < -0.39 is 23.4 Å². The zero-order valence-corrected chi connectivity index (χ0v) is 25.3. The SMILES string of the molecule is C/C(=N/C(=O)OC(C)(C)C)N1CCC[C@H]1c1nc(-c2ccc(CCc3ccc(C(C)(C)C)cc3)c(C(F)(F)F)c2)no1. The number of hydrogen-bond donors (Lipinski definition) is 0. The van der Waals surface area contributed by atoms with Gasteiger partial charge < -0.3 is 14.2 Å². The van der Waals surface area contributed by atoms with E-state index in [1.807, 2.05) is 29.2 Å². The quantitative estimate of drug-likeness (QED) is 0.222. The van der Waals surface area contributed by atoms with Gasteiger partial charge in [0.05, 0.1) is 5.56 Å². The summed E-state index contributed by atoms with van der Waals surface area (Å²) in [4.78, 5) is 22.6. The zero-order valence-electron chi connectivity index (χ0n) is 25.3. The standard InChI is InChI=1S/C32H39F3N4O3/c1-20(36-29(40)41-31(5,6)7)39-18-8-9-26(39)28-37-27(38-42-28)23-15-14-22(25(19-23)32(33,34)35)13-10-21-11-16-24(17-12-21)30(2,3)4/h11-12,14-17,19,26H,8-10,13,18H2,1-7H3/b36-20-/t26-/m0/s1. The lowest BCUT2D eigenvalue weighted by atomic mass is 9.86. The van der Waals surface area contributed by atoms with E-state index in [-0.39, 0.29) is 40.7 Å². The van der Waals surface area contributed by atoms with Crippen molar-refractivity contribution in [3.63, 3.8) is 0 Å². The fourth-order valence-corrected chi connectivity index (χ4v) is 5.03. The molecule has 42 heavy (non-hydrogen) atoms. The van der Waals surface area contributed by atoms with Crippen LogP contribution in [0.2, 0.25) is 0 Å². The van der Waals surface area contributed by atoms with Crippen LogP contribution < -0.4 is 0 Å². The van der Waals surface area contributed by atoms with Gasteiger partial charge in [0, 0.05) is 12.1 Å². The van der Waals surface area contributed by atoms with Crippen molar-refractivity contribution < 1.29 is 27.2 Å². The molecule has 0 aliphatic carbocycles. The van der Waals surface area contributed by atoms with Gasteiger partial charge in [0.1, 0.15) is 17.5 Å². The van der Waals surface area contributed by atoms with Crippen LogP contribution in [0.1, 0.15) is 95.5 Å². The van der Waals surface area contributed by atoms with E-state index in [9.17, 15) is 18.0 Å². The Balaban J connectivity index is 1.52. The Kier molecular flexibility index (Phi) is 8.85. The summed E-state index contributed by atoms with van der Waals surface area (Å²) in [6.07, 6.45) is -3.03. The Morgan fingerprint density at radius 1 is 1.05 bits per heavy atom. The second-order valence-corrected chi connectivity index (χ2v) is 12.8. The molecular formula is C32H39F3N4O3. The molecule has 4 rings (SSSR count). The Bertz CT molecular complexity index is 1430. The van der Waals surface area contributed by atoms with Crippen LogP contribution in [0.25, 0.3) is 11.4 Å². The third-order valence-corrected chi connectivity index (χ3v) is 7.22. The van der Waals surface area contributed by atoms with Crippen molar-refractivity contribution in [3.8, 4) is 11.4 Å². The summed E-state index contributed by atoms with van der Waals surface area (Å²) in [5.74, 6) is 0.786. The number of hydrogen-bond acceptors (Lipinski definition) is 5. The van der Waals surface area contributed by atoms with Gasteiger partial charge in [-0.05, 0) is 81.5 Å². The van der Waals surface area contributed by atoms with Crippen LogP contribution in [0.5, 0.6) is 0 Å². The molecule has 2 aromatic carbocycles. The summed E-state index contributed by atoms with van der Waals surface area (Å²) >= 11 is 0. The van der Waals surface area contributed by atoms with Crippen LogP contribution in [-0.2, 0) is 29.2 Å². The summed E-state index contributed by atoms with van der Waals surface area (Å²) in [6.45, 7) is 14.0. The van der Waals surface area contributed by atoms with E-state index in [1.165, 1.54) is 11.6 Å². The fourth-order valence-electron chi connectivity index (χ4n) is 5.03. The van der Waals surface area contributed by atoms with Crippen LogP contribution in [0.3, 0.4) is 0 Å². The number of amides is 1. The first kappa shape index (κ1) is 31.3. The zero-order chi connectivity index (χ0) is 30.9. The molecule has 1 saturated heterocycles. The van der Waals surface area contributed by atoms with Crippen molar-refractivity contribution in [1.82, 2.24) is 15.0 Å². The first-order valence-electron chi connectivity index (χ1n) is 14.2. The van der Waals surface area contributed by atoms with Crippen LogP contribution >= 0.6 is 0 Å². The number of alkyl halides is 3. The second-order valence-electron chi connectivity index (χ2n) is 12.8. The number of benzene rings is 2.